The van der Waals surface area contributed by atoms with Gasteiger partial charge in [-0.05, 0) is 24.6 Å². The zero-order chi connectivity index (χ0) is 14.8. The molecule has 112 valence electrons. The van der Waals surface area contributed by atoms with E-state index in [9.17, 15) is 9.18 Å². The second kappa shape index (κ2) is 9.41. The van der Waals surface area contributed by atoms with Gasteiger partial charge in [0.05, 0.1) is 25.4 Å². The molecule has 0 atom stereocenters. The molecule has 0 bridgehead atoms. The van der Waals surface area contributed by atoms with Crippen LogP contribution >= 0.6 is 0 Å². The largest absolute Gasteiger partial charge is 0.478 e. The highest BCUT2D eigenvalue weighted by Gasteiger charge is 2.08. The van der Waals surface area contributed by atoms with Crippen molar-refractivity contribution in [2.75, 3.05) is 33.5 Å². The summed E-state index contributed by atoms with van der Waals surface area (Å²) in [5.74, 6) is -1.57. The van der Waals surface area contributed by atoms with Gasteiger partial charge in [-0.3, -0.25) is 0 Å². The number of rotatable bonds is 10. The molecule has 0 radical (unpaired) electrons. The highest BCUT2D eigenvalue weighted by Crippen LogP contribution is 2.12. The number of halogens is 1. The first-order valence-corrected chi connectivity index (χ1v) is 6.31. The van der Waals surface area contributed by atoms with Crippen LogP contribution in [0.15, 0.2) is 18.2 Å². The van der Waals surface area contributed by atoms with E-state index in [1.165, 1.54) is 12.1 Å². The van der Waals surface area contributed by atoms with Crippen molar-refractivity contribution in [2.45, 2.75) is 13.0 Å². The smallest absolute Gasteiger partial charge is 0.335 e. The molecule has 0 unspecified atom stereocenters. The van der Waals surface area contributed by atoms with Crippen molar-refractivity contribution >= 4 is 5.97 Å². The molecule has 0 fully saturated rings. The van der Waals surface area contributed by atoms with Crippen LogP contribution < -0.4 is 0 Å². The molecular weight excluding hydrogens is 267 g/mol. The minimum absolute atomic E-state index is 0.0222. The van der Waals surface area contributed by atoms with Gasteiger partial charge in [-0.2, -0.15) is 0 Å². The number of carbonyl (C=O) groups is 1. The Morgan fingerprint density at radius 1 is 1.20 bits per heavy atom. The monoisotopic (exact) mass is 286 g/mol. The standard InChI is InChI=1S/C14H19FO5/c1-18-5-2-6-19-7-8-20-10-12-9-11(14(16)17)3-4-13(12)15/h3-4,9H,2,5-8,10H2,1H3,(H,16,17). The Kier molecular flexibility index (Phi) is 7.79. The fraction of sp³-hybridized carbons (Fsp3) is 0.500. The maximum absolute atomic E-state index is 13.4. The molecule has 1 aromatic rings. The summed E-state index contributed by atoms with van der Waals surface area (Å²) < 4.78 is 28.8. The number of methoxy groups -OCH3 is 1. The first kappa shape index (κ1) is 16.6. The SMILES string of the molecule is COCCCOCCOCc1cc(C(=O)O)ccc1F. The minimum atomic E-state index is -1.09. The normalized spacial score (nSPS) is 10.7. The van der Waals surface area contributed by atoms with E-state index in [1.54, 1.807) is 7.11 Å². The molecule has 0 aliphatic carbocycles. The number of aromatic carboxylic acids is 1. The van der Waals surface area contributed by atoms with Crippen LogP contribution in [0.4, 0.5) is 4.39 Å². The van der Waals surface area contributed by atoms with Gasteiger partial charge < -0.3 is 19.3 Å². The molecule has 0 aromatic heterocycles. The molecule has 0 spiro atoms. The third-order valence-electron chi connectivity index (χ3n) is 2.56. The van der Waals surface area contributed by atoms with Crippen LogP contribution in [0.1, 0.15) is 22.3 Å². The molecule has 0 heterocycles. The van der Waals surface area contributed by atoms with Gasteiger partial charge in [0.2, 0.25) is 0 Å². The van der Waals surface area contributed by atoms with Crippen LogP contribution in [0.2, 0.25) is 0 Å². The van der Waals surface area contributed by atoms with Gasteiger partial charge in [0.15, 0.2) is 0 Å². The molecule has 0 aliphatic rings. The fourth-order valence-electron chi connectivity index (χ4n) is 1.53. The Balaban J connectivity index is 2.24. The molecule has 5 nitrogen and oxygen atoms in total. The predicted molar refractivity (Wildman–Crippen MR) is 70.3 cm³/mol. The van der Waals surface area contributed by atoms with Crippen LogP contribution in [-0.2, 0) is 20.8 Å². The number of carboxylic acids is 1. The van der Waals surface area contributed by atoms with E-state index < -0.39 is 11.8 Å². The topological polar surface area (TPSA) is 65.0 Å². The van der Waals surface area contributed by atoms with E-state index in [1.807, 2.05) is 0 Å². The van der Waals surface area contributed by atoms with E-state index in [-0.39, 0.29) is 17.7 Å². The summed E-state index contributed by atoms with van der Waals surface area (Å²) in [7, 11) is 1.63. The summed E-state index contributed by atoms with van der Waals surface area (Å²) >= 11 is 0. The van der Waals surface area contributed by atoms with Gasteiger partial charge in [0.1, 0.15) is 5.82 Å². The van der Waals surface area contributed by atoms with Crippen LogP contribution in [0, 0.1) is 5.82 Å². The molecule has 0 aliphatic heterocycles. The van der Waals surface area contributed by atoms with Crippen LogP contribution in [0.5, 0.6) is 0 Å². The molecule has 0 saturated heterocycles. The third kappa shape index (κ3) is 6.10. The maximum atomic E-state index is 13.4. The molecule has 6 heteroatoms. The summed E-state index contributed by atoms with van der Waals surface area (Å²) in [5.41, 5.74) is 0.269. The molecular formula is C14H19FO5. The van der Waals surface area contributed by atoms with Gasteiger partial charge in [-0.25, -0.2) is 9.18 Å². The van der Waals surface area contributed by atoms with Crippen molar-refractivity contribution in [3.63, 3.8) is 0 Å². The summed E-state index contributed by atoms with van der Waals surface area (Å²) in [6, 6.07) is 3.63. The fourth-order valence-corrected chi connectivity index (χ4v) is 1.53. The van der Waals surface area contributed by atoms with Gasteiger partial charge in [-0.15, -0.1) is 0 Å². The number of carboxylic acid groups (broad SMARTS) is 1. The third-order valence-corrected chi connectivity index (χ3v) is 2.56. The first-order valence-electron chi connectivity index (χ1n) is 6.31. The van der Waals surface area contributed by atoms with Crippen molar-refractivity contribution in [3.8, 4) is 0 Å². The second-order valence-corrected chi connectivity index (χ2v) is 4.12. The van der Waals surface area contributed by atoms with Gasteiger partial charge in [0.25, 0.3) is 0 Å². The lowest BCUT2D eigenvalue weighted by atomic mass is 10.1. The van der Waals surface area contributed by atoms with E-state index in [0.29, 0.717) is 26.4 Å². The number of hydrogen-bond donors (Lipinski definition) is 1. The van der Waals surface area contributed by atoms with Crippen LogP contribution in [-0.4, -0.2) is 44.6 Å². The number of hydrogen-bond acceptors (Lipinski definition) is 4. The van der Waals surface area contributed by atoms with Gasteiger partial charge in [0, 0.05) is 25.9 Å². The zero-order valence-corrected chi connectivity index (χ0v) is 11.4. The molecule has 1 rings (SSSR count). The lowest BCUT2D eigenvalue weighted by Gasteiger charge is -2.07. The van der Waals surface area contributed by atoms with Crippen molar-refractivity contribution in [1.82, 2.24) is 0 Å². The summed E-state index contributed by atoms with van der Waals surface area (Å²) in [4.78, 5) is 10.8. The zero-order valence-electron chi connectivity index (χ0n) is 11.4. The van der Waals surface area contributed by atoms with Crippen LogP contribution in [0.25, 0.3) is 0 Å². The summed E-state index contributed by atoms with van der Waals surface area (Å²) in [6.45, 7) is 1.98. The Morgan fingerprint density at radius 2 is 1.95 bits per heavy atom. The van der Waals surface area contributed by atoms with E-state index in [4.69, 9.17) is 19.3 Å². The van der Waals surface area contributed by atoms with Crippen molar-refractivity contribution in [2.24, 2.45) is 0 Å². The predicted octanol–water partition coefficient (Wildman–Crippen LogP) is 2.09. The number of ether oxygens (including phenoxy) is 3. The quantitative estimate of drug-likeness (QED) is 0.667. The summed E-state index contributed by atoms with van der Waals surface area (Å²) in [5, 5.41) is 8.82. The summed E-state index contributed by atoms with van der Waals surface area (Å²) in [6.07, 6.45) is 0.811. The average Bonchev–Trinajstić information content (AvgIpc) is 2.43. The van der Waals surface area contributed by atoms with Crippen molar-refractivity contribution in [3.05, 3.63) is 35.1 Å². The molecule has 1 N–H and O–H groups in total. The minimum Gasteiger partial charge on any atom is -0.478 e. The van der Waals surface area contributed by atoms with E-state index >= 15 is 0 Å². The molecule has 0 saturated carbocycles. The lowest BCUT2D eigenvalue weighted by Crippen LogP contribution is -2.08. The Bertz CT molecular complexity index is 422. The van der Waals surface area contributed by atoms with E-state index in [2.05, 4.69) is 0 Å². The molecule has 20 heavy (non-hydrogen) atoms. The Labute approximate surface area is 117 Å². The second-order valence-electron chi connectivity index (χ2n) is 4.12. The molecule has 1 aromatic carbocycles. The van der Waals surface area contributed by atoms with Crippen LogP contribution in [0.3, 0.4) is 0 Å². The highest BCUT2D eigenvalue weighted by atomic mass is 19.1. The van der Waals surface area contributed by atoms with Crippen molar-refractivity contribution < 1.29 is 28.5 Å². The first-order chi connectivity index (χ1) is 9.65. The Morgan fingerprint density at radius 3 is 2.65 bits per heavy atom. The van der Waals surface area contributed by atoms with E-state index in [0.717, 1.165) is 12.5 Å². The maximum Gasteiger partial charge on any atom is 0.335 e. The van der Waals surface area contributed by atoms with Gasteiger partial charge >= 0.3 is 5.97 Å². The lowest BCUT2D eigenvalue weighted by molar-refractivity contribution is 0.0328. The van der Waals surface area contributed by atoms with Crippen molar-refractivity contribution in [1.29, 1.82) is 0 Å². The number of benzene rings is 1. The van der Waals surface area contributed by atoms with Gasteiger partial charge in [-0.1, -0.05) is 0 Å². The average molecular weight is 286 g/mol. The Hall–Kier alpha value is -1.50. The molecule has 0 amide bonds. The highest BCUT2D eigenvalue weighted by molar-refractivity contribution is 5.87.